The van der Waals surface area contributed by atoms with Crippen molar-refractivity contribution >= 4 is 16.9 Å². The fourth-order valence-corrected chi connectivity index (χ4v) is 2.96. The first-order chi connectivity index (χ1) is 9.70. The maximum atomic E-state index is 11.7. The number of hydrogen-bond donors (Lipinski definition) is 2. The molecule has 1 aromatic carbocycles. The first-order valence-electron chi connectivity index (χ1n) is 6.82. The number of aromatic amines is 1. The van der Waals surface area contributed by atoms with Crippen molar-refractivity contribution in [1.82, 2.24) is 9.88 Å². The van der Waals surface area contributed by atoms with Crippen LogP contribution in [0.4, 0.5) is 0 Å². The summed E-state index contributed by atoms with van der Waals surface area (Å²) in [6.07, 6.45) is 3.94. The van der Waals surface area contributed by atoms with E-state index >= 15 is 0 Å². The first kappa shape index (κ1) is 13.0. The van der Waals surface area contributed by atoms with Crippen molar-refractivity contribution in [2.24, 2.45) is 0 Å². The Balaban J connectivity index is 2.08. The number of H-pyrrole nitrogens is 1. The van der Waals surface area contributed by atoms with Crippen LogP contribution in [0.5, 0.6) is 5.75 Å². The van der Waals surface area contributed by atoms with Crippen LogP contribution >= 0.6 is 0 Å². The van der Waals surface area contributed by atoms with Crippen LogP contribution in [0.15, 0.2) is 24.4 Å². The van der Waals surface area contributed by atoms with E-state index in [0.717, 1.165) is 48.1 Å². The molecule has 2 N–H and O–H groups in total. The summed E-state index contributed by atoms with van der Waals surface area (Å²) >= 11 is 0. The predicted molar refractivity (Wildman–Crippen MR) is 76.0 cm³/mol. The summed E-state index contributed by atoms with van der Waals surface area (Å²) in [5, 5.41) is 10.5. The number of rotatable bonds is 4. The molecule has 5 nitrogen and oxygen atoms in total. The Morgan fingerprint density at radius 2 is 2.15 bits per heavy atom. The lowest BCUT2D eigenvalue weighted by Crippen LogP contribution is -2.31. The highest BCUT2D eigenvalue weighted by Crippen LogP contribution is 2.32. The maximum absolute atomic E-state index is 11.7. The molecule has 106 valence electrons. The third-order valence-corrected chi connectivity index (χ3v) is 3.96. The van der Waals surface area contributed by atoms with Crippen molar-refractivity contribution in [1.29, 1.82) is 0 Å². The molecular weight excluding hydrogens is 256 g/mol. The van der Waals surface area contributed by atoms with E-state index in [9.17, 15) is 9.90 Å². The van der Waals surface area contributed by atoms with Crippen molar-refractivity contribution < 1.29 is 14.6 Å². The molecule has 0 spiro atoms. The van der Waals surface area contributed by atoms with E-state index in [1.165, 1.54) is 0 Å². The van der Waals surface area contributed by atoms with Crippen LogP contribution in [-0.2, 0) is 4.79 Å². The molecule has 20 heavy (non-hydrogen) atoms. The molecule has 2 heterocycles. The number of carboxylic acid groups (broad SMARTS) is 1. The van der Waals surface area contributed by atoms with E-state index in [4.69, 9.17) is 4.74 Å². The smallest absolute Gasteiger partial charge is 0.325 e. The first-order valence-corrected chi connectivity index (χ1v) is 6.82. The molecule has 0 saturated carbocycles. The number of hydrogen-bond acceptors (Lipinski definition) is 3. The molecule has 0 unspecified atom stereocenters. The third kappa shape index (κ3) is 2.14. The van der Waals surface area contributed by atoms with Crippen molar-refractivity contribution in [3.8, 4) is 5.75 Å². The van der Waals surface area contributed by atoms with E-state index in [-0.39, 0.29) is 0 Å². The molecule has 0 amide bonds. The number of nitrogens with zero attached hydrogens (tertiary/aromatic N) is 1. The number of nitrogens with one attached hydrogen (secondary N) is 1. The SMILES string of the molecule is COc1ccc2[nH]cc([C@@H](C(=O)O)N3CCCC3)c2c1. The standard InChI is InChI=1S/C15H18N2O3/c1-20-10-4-5-13-11(8-10)12(9-16-13)14(15(18)19)17-6-2-3-7-17/h4-5,8-9,14,16H,2-3,6-7H2,1H3,(H,18,19)/t14-/m0/s1. The molecule has 2 aromatic rings. The Bertz CT molecular complexity index is 629. The van der Waals surface area contributed by atoms with Gasteiger partial charge in [-0.25, -0.2) is 0 Å². The van der Waals surface area contributed by atoms with Gasteiger partial charge in [0.05, 0.1) is 7.11 Å². The van der Waals surface area contributed by atoms with Gasteiger partial charge in [-0.05, 0) is 44.1 Å². The minimum Gasteiger partial charge on any atom is -0.497 e. The zero-order valence-electron chi connectivity index (χ0n) is 11.4. The monoisotopic (exact) mass is 274 g/mol. The van der Waals surface area contributed by atoms with Gasteiger partial charge >= 0.3 is 5.97 Å². The number of methoxy groups -OCH3 is 1. The Morgan fingerprint density at radius 3 is 2.80 bits per heavy atom. The highest BCUT2D eigenvalue weighted by atomic mass is 16.5. The second kappa shape index (κ2) is 5.17. The van der Waals surface area contributed by atoms with Gasteiger partial charge in [-0.1, -0.05) is 0 Å². The number of benzene rings is 1. The molecule has 5 heteroatoms. The fraction of sp³-hybridized carbons (Fsp3) is 0.400. The summed E-state index contributed by atoms with van der Waals surface area (Å²) in [6.45, 7) is 1.68. The van der Waals surface area contributed by atoms with Gasteiger partial charge in [0.15, 0.2) is 0 Å². The molecule has 0 bridgehead atoms. The molecule has 1 aliphatic heterocycles. The normalized spacial score (nSPS) is 17.4. The second-order valence-corrected chi connectivity index (χ2v) is 5.14. The molecular formula is C15H18N2O3. The summed E-state index contributed by atoms with van der Waals surface area (Å²) < 4.78 is 5.24. The number of ether oxygens (including phenoxy) is 1. The Kier molecular flexibility index (Phi) is 3.36. The van der Waals surface area contributed by atoms with Crippen molar-refractivity contribution in [2.75, 3.05) is 20.2 Å². The predicted octanol–water partition coefficient (Wildman–Crippen LogP) is 2.40. The quantitative estimate of drug-likeness (QED) is 0.898. The van der Waals surface area contributed by atoms with Crippen molar-refractivity contribution in [3.05, 3.63) is 30.0 Å². The minimum atomic E-state index is -0.796. The van der Waals surface area contributed by atoms with E-state index in [1.807, 2.05) is 23.1 Å². The van der Waals surface area contributed by atoms with Crippen LogP contribution in [0.3, 0.4) is 0 Å². The van der Waals surface area contributed by atoms with E-state index in [0.29, 0.717) is 0 Å². The highest BCUT2D eigenvalue weighted by molar-refractivity contribution is 5.90. The summed E-state index contributed by atoms with van der Waals surface area (Å²) in [6, 6.07) is 5.10. The van der Waals surface area contributed by atoms with Gasteiger partial charge in [-0.15, -0.1) is 0 Å². The zero-order valence-corrected chi connectivity index (χ0v) is 11.4. The number of fused-ring (bicyclic) bond motifs is 1. The third-order valence-electron chi connectivity index (χ3n) is 3.96. The van der Waals surface area contributed by atoms with Crippen LogP contribution < -0.4 is 4.74 Å². The minimum absolute atomic E-state index is 0.585. The molecule has 0 radical (unpaired) electrons. The molecule has 3 rings (SSSR count). The van der Waals surface area contributed by atoms with Crippen molar-refractivity contribution in [2.45, 2.75) is 18.9 Å². The average Bonchev–Trinajstić information content (AvgIpc) is 3.09. The highest BCUT2D eigenvalue weighted by Gasteiger charge is 2.31. The number of likely N-dealkylation sites (tertiary alicyclic amines) is 1. The van der Waals surface area contributed by atoms with Gasteiger partial charge in [-0.3, -0.25) is 9.69 Å². The van der Waals surface area contributed by atoms with Crippen LogP contribution in [0.1, 0.15) is 24.4 Å². The lowest BCUT2D eigenvalue weighted by Gasteiger charge is -2.23. The van der Waals surface area contributed by atoms with Crippen molar-refractivity contribution in [3.63, 3.8) is 0 Å². The number of carbonyl (C=O) groups is 1. The van der Waals surface area contributed by atoms with Gasteiger partial charge < -0.3 is 14.8 Å². The number of aromatic nitrogens is 1. The van der Waals surface area contributed by atoms with Gasteiger partial charge in [0.25, 0.3) is 0 Å². The second-order valence-electron chi connectivity index (χ2n) is 5.14. The Morgan fingerprint density at radius 1 is 1.40 bits per heavy atom. The summed E-state index contributed by atoms with van der Waals surface area (Å²) in [5.74, 6) is -0.0560. The Hall–Kier alpha value is -2.01. The molecule has 1 atom stereocenters. The molecule has 0 aliphatic carbocycles. The fourth-order valence-electron chi connectivity index (χ4n) is 2.96. The lowest BCUT2D eigenvalue weighted by atomic mass is 10.0. The molecule has 1 aromatic heterocycles. The molecule has 1 aliphatic rings. The van der Waals surface area contributed by atoms with E-state index < -0.39 is 12.0 Å². The summed E-state index contributed by atoms with van der Waals surface area (Å²) in [5.41, 5.74) is 1.75. The van der Waals surface area contributed by atoms with Gasteiger partial charge in [0, 0.05) is 22.7 Å². The van der Waals surface area contributed by atoms with Crippen LogP contribution in [0.2, 0.25) is 0 Å². The molecule has 1 fully saturated rings. The van der Waals surface area contributed by atoms with Crippen LogP contribution in [0.25, 0.3) is 10.9 Å². The van der Waals surface area contributed by atoms with Gasteiger partial charge in [0.1, 0.15) is 11.8 Å². The lowest BCUT2D eigenvalue weighted by molar-refractivity contribution is -0.143. The maximum Gasteiger partial charge on any atom is 0.325 e. The largest absolute Gasteiger partial charge is 0.497 e. The van der Waals surface area contributed by atoms with Crippen LogP contribution in [-0.4, -0.2) is 41.2 Å². The van der Waals surface area contributed by atoms with Crippen LogP contribution in [0, 0.1) is 0 Å². The zero-order chi connectivity index (χ0) is 14.1. The summed E-state index contributed by atoms with van der Waals surface area (Å²) in [7, 11) is 1.61. The topological polar surface area (TPSA) is 65.6 Å². The van der Waals surface area contributed by atoms with E-state index in [1.54, 1.807) is 13.3 Å². The number of carboxylic acids is 1. The summed E-state index contributed by atoms with van der Waals surface area (Å²) in [4.78, 5) is 16.9. The number of aliphatic carboxylic acids is 1. The molecule has 1 saturated heterocycles. The Labute approximate surface area is 117 Å². The van der Waals surface area contributed by atoms with Gasteiger partial charge in [0.2, 0.25) is 0 Å². The van der Waals surface area contributed by atoms with Gasteiger partial charge in [-0.2, -0.15) is 0 Å². The van der Waals surface area contributed by atoms with E-state index in [2.05, 4.69) is 4.98 Å². The average molecular weight is 274 g/mol.